The van der Waals surface area contributed by atoms with Gasteiger partial charge in [0.1, 0.15) is 11.5 Å². The van der Waals surface area contributed by atoms with Crippen LogP contribution in [-0.4, -0.2) is 44.4 Å². The molecule has 1 amide bonds. The summed E-state index contributed by atoms with van der Waals surface area (Å²) in [6, 6.07) is 3.24. The van der Waals surface area contributed by atoms with Crippen LogP contribution in [0.3, 0.4) is 0 Å². The van der Waals surface area contributed by atoms with E-state index in [9.17, 15) is 27.2 Å². The number of benzene rings is 1. The Morgan fingerprint density at radius 3 is 2.72 bits per heavy atom. The van der Waals surface area contributed by atoms with Crippen molar-refractivity contribution in [2.45, 2.75) is 12.7 Å². The van der Waals surface area contributed by atoms with Gasteiger partial charge in [0.25, 0.3) is 5.91 Å². The van der Waals surface area contributed by atoms with Crippen molar-refractivity contribution in [3.8, 4) is 0 Å². The number of hydrogen-bond acceptors (Lipinski definition) is 8. The molecule has 0 unspecified atom stereocenters. The molecule has 2 aromatic heterocycles. The third-order valence-corrected chi connectivity index (χ3v) is 3.88. The van der Waals surface area contributed by atoms with Gasteiger partial charge in [0.05, 0.1) is 23.3 Å². The Balaban J connectivity index is 1.86. The Kier molecular flexibility index (Phi) is 6.67. The minimum Gasteiger partial charge on any atom is -0.346 e. The number of rotatable bonds is 6. The predicted octanol–water partition coefficient (Wildman–Crippen LogP) is 2.39. The van der Waals surface area contributed by atoms with Crippen molar-refractivity contribution in [2.75, 3.05) is 5.32 Å². The van der Waals surface area contributed by atoms with E-state index in [2.05, 4.69) is 45.8 Å². The Bertz CT molecular complexity index is 1150. The van der Waals surface area contributed by atoms with E-state index in [-0.39, 0.29) is 34.2 Å². The highest BCUT2D eigenvalue weighted by Gasteiger charge is 2.42. The lowest BCUT2D eigenvalue weighted by Gasteiger charge is -2.09. The molecule has 3 aromatic rings. The van der Waals surface area contributed by atoms with Crippen molar-refractivity contribution >= 4 is 35.0 Å². The molecular formula is C16H10ClF4N7O4. The number of nitrogens with zero attached hydrogens (tertiary/aromatic N) is 4. The average molecular weight is 476 g/mol. The molecule has 0 saturated carbocycles. The van der Waals surface area contributed by atoms with Crippen molar-refractivity contribution in [1.29, 1.82) is 0 Å². The highest BCUT2D eigenvalue weighted by molar-refractivity contribution is 6.31. The first kappa shape index (κ1) is 22.7. The van der Waals surface area contributed by atoms with E-state index in [1.807, 2.05) is 0 Å². The molecule has 0 spiro atoms. The number of alkyl halides is 3. The van der Waals surface area contributed by atoms with Gasteiger partial charge in [-0.05, 0) is 23.4 Å². The third kappa shape index (κ3) is 5.57. The smallest absolute Gasteiger partial charge is 0.346 e. The van der Waals surface area contributed by atoms with Crippen molar-refractivity contribution in [1.82, 2.24) is 25.8 Å². The van der Waals surface area contributed by atoms with E-state index in [1.165, 1.54) is 18.5 Å². The SMILES string of the molecule is O=C(NCc1nonc1C(=NOC(=O)C(F)(F)F)Nc1ccc(F)c(Cl)c1)c1cn[nH]c1. The molecule has 0 fully saturated rings. The fraction of sp³-hybridized carbons (Fsp3) is 0.125. The molecule has 0 aliphatic carbocycles. The van der Waals surface area contributed by atoms with Crippen LogP contribution in [0.2, 0.25) is 5.02 Å². The van der Waals surface area contributed by atoms with E-state index >= 15 is 0 Å². The first-order valence-electron chi connectivity index (χ1n) is 8.32. The summed E-state index contributed by atoms with van der Waals surface area (Å²) in [5.74, 6) is -4.50. The minimum atomic E-state index is -5.32. The number of amidine groups is 1. The second kappa shape index (κ2) is 9.42. The molecular weight excluding hydrogens is 466 g/mol. The molecule has 0 saturated heterocycles. The molecule has 16 heteroatoms. The zero-order chi connectivity index (χ0) is 23.3. The Hall–Kier alpha value is -4.01. The van der Waals surface area contributed by atoms with Gasteiger partial charge in [-0.1, -0.05) is 21.9 Å². The highest BCUT2D eigenvalue weighted by Crippen LogP contribution is 2.21. The van der Waals surface area contributed by atoms with Crippen molar-refractivity contribution in [2.24, 2.45) is 5.16 Å². The molecule has 2 heterocycles. The first-order chi connectivity index (χ1) is 15.1. The van der Waals surface area contributed by atoms with E-state index < -0.39 is 29.7 Å². The number of oxime groups is 1. The molecule has 32 heavy (non-hydrogen) atoms. The molecule has 3 N–H and O–H groups in total. The number of carbonyl (C=O) groups is 2. The Morgan fingerprint density at radius 2 is 2.06 bits per heavy atom. The summed E-state index contributed by atoms with van der Waals surface area (Å²) in [6.07, 6.45) is -2.75. The molecule has 0 aliphatic heterocycles. The number of hydrogen-bond donors (Lipinski definition) is 3. The van der Waals surface area contributed by atoms with Crippen LogP contribution in [0.15, 0.2) is 40.4 Å². The van der Waals surface area contributed by atoms with Gasteiger partial charge in [0, 0.05) is 11.9 Å². The van der Waals surface area contributed by atoms with Crippen LogP contribution in [0.5, 0.6) is 0 Å². The van der Waals surface area contributed by atoms with Crippen molar-refractivity contribution < 1.29 is 36.6 Å². The van der Waals surface area contributed by atoms with Crippen molar-refractivity contribution in [3.63, 3.8) is 0 Å². The number of carbonyl (C=O) groups excluding carboxylic acids is 2. The van der Waals surface area contributed by atoms with E-state index in [0.29, 0.717) is 0 Å². The predicted molar refractivity (Wildman–Crippen MR) is 97.8 cm³/mol. The number of anilines is 1. The zero-order valence-electron chi connectivity index (χ0n) is 15.4. The summed E-state index contributed by atoms with van der Waals surface area (Å²) < 4.78 is 55.3. The second-order valence-electron chi connectivity index (χ2n) is 5.80. The zero-order valence-corrected chi connectivity index (χ0v) is 16.2. The summed E-state index contributed by atoms with van der Waals surface area (Å²) in [5, 5.41) is 20.8. The van der Waals surface area contributed by atoms with Gasteiger partial charge in [-0.25, -0.2) is 13.8 Å². The van der Waals surface area contributed by atoms with Crippen LogP contribution in [0.1, 0.15) is 21.7 Å². The van der Waals surface area contributed by atoms with Gasteiger partial charge in [-0.3, -0.25) is 9.89 Å². The molecule has 0 radical (unpaired) electrons. The van der Waals surface area contributed by atoms with Gasteiger partial charge in [-0.2, -0.15) is 18.3 Å². The monoisotopic (exact) mass is 475 g/mol. The quantitative estimate of drug-likeness (QED) is 0.162. The van der Waals surface area contributed by atoms with Crippen LogP contribution in [0, 0.1) is 5.82 Å². The second-order valence-corrected chi connectivity index (χ2v) is 6.21. The van der Waals surface area contributed by atoms with E-state index in [1.54, 1.807) is 0 Å². The normalized spacial score (nSPS) is 11.8. The number of nitrogens with one attached hydrogen (secondary N) is 3. The first-order valence-corrected chi connectivity index (χ1v) is 8.70. The Labute approximate surface area is 179 Å². The van der Waals surface area contributed by atoms with Crippen LogP contribution >= 0.6 is 11.6 Å². The number of halogens is 5. The lowest BCUT2D eigenvalue weighted by Crippen LogP contribution is -2.27. The maximum Gasteiger partial charge on any atom is 0.493 e. The maximum atomic E-state index is 13.4. The van der Waals surface area contributed by atoms with Gasteiger partial charge < -0.3 is 15.5 Å². The lowest BCUT2D eigenvalue weighted by molar-refractivity contribution is -0.199. The molecule has 0 aliphatic rings. The number of aromatic amines is 1. The molecule has 0 atom stereocenters. The Morgan fingerprint density at radius 1 is 1.28 bits per heavy atom. The lowest BCUT2D eigenvalue weighted by atomic mass is 10.2. The van der Waals surface area contributed by atoms with Gasteiger partial charge in [0.15, 0.2) is 5.69 Å². The molecule has 3 rings (SSSR count). The van der Waals surface area contributed by atoms with Crippen LogP contribution in [-0.2, 0) is 16.2 Å². The summed E-state index contributed by atoms with van der Waals surface area (Å²) in [4.78, 5) is 27.0. The van der Waals surface area contributed by atoms with Gasteiger partial charge in [0.2, 0.25) is 5.84 Å². The largest absolute Gasteiger partial charge is 0.493 e. The highest BCUT2D eigenvalue weighted by atomic mass is 35.5. The van der Waals surface area contributed by atoms with E-state index in [0.717, 1.165) is 12.1 Å². The maximum absolute atomic E-state index is 13.4. The molecule has 1 aromatic carbocycles. The van der Waals surface area contributed by atoms with Gasteiger partial charge in [-0.15, -0.1) is 0 Å². The van der Waals surface area contributed by atoms with Crippen LogP contribution < -0.4 is 10.6 Å². The molecule has 11 nitrogen and oxygen atoms in total. The van der Waals surface area contributed by atoms with Gasteiger partial charge >= 0.3 is 12.1 Å². The van der Waals surface area contributed by atoms with Crippen LogP contribution in [0.25, 0.3) is 0 Å². The topological polar surface area (TPSA) is 147 Å². The van der Waals surface area contributed by atoms with Crippen molar-refractivity contribution in [3.05, 3.63) is 58.4 Å². The minimum absolute atomic E-state index is 0.0505. The number of H-pyrrole nitrogens is 1. The molecule has 168 valence electrons. The van der Waals surface area contributed by atoms with E-state index in [4.69, 9.17) is 11.6 Å². The number of amides is 1. The summed E-state index contributed by atoms with van der Waals surface area (Å²) in [7, 11) is 0. The number of aromatic nitrogens is 4. The molecule has 0 bridgehead atoms. The summed E-state index contributed by atoms with van der Waals surface area (Å²) >= 11 is 5.68. The van der Waals surface area contributed by atoms with Crippen LogP contribution in [0.4, 0.5) is 23.2 Å². The average Bonchev–Trinajstić information content (AvgIpc) is 3.43. The fourth-order valence-electron chi connectivity index (χ4n) is 2.12. The summed E-state index contributed by atoms with van der Waals surface area (Å²) in [6.45, 7) is -0.305. The fourth-order valence-corrected chi connectivity index (χ4v) is 2.30. The standard InChI is InChI=1S/C16H10ClF4N7O4/c17-9-3-8(1-2-10(9)18)25-13(28-31-15(30)16(19,20)21)12-11(26-32-27-12)6-22-14(29)7-4-23-24-5-7/h1-5H,6H2,(H,22,29)(H,23,24)(H,25,28). The summed E-state index contributed by atoms with van der Waals surface area (Å²) in [5.41, 5.74) is -0.165. The third-order valence-electron chi connectivity index (χ3n) is 3.59.